The molecule has 0 heterocycles. The minimum atomic E-state index is -0.0540. The van der Waals surface area contributed by atoms with E-state index in [1.807, 2.05) is 78.5 Å². The summed E-state index contributed by atoms with van der Waals surface area (Å²) in [5.74, 6) is 2.67. The summed E-state index contributed by atoms with van der Waals surface area (Å²) in [6.45, 7) is 20.5. The second-order valence-corrected chi connectivity index (χ2v) is 10.2. The predicted molar refractivity (Wildman–Crippen MR) is 144 cm³/mol. The fourth-order valence-corrected chi connectivity index (χ4v) is 4.92. The highest BCUT2D eigenvalue weighted by molar-refractivity contribution is 5.97. The summed E-state index contributed by atoms with van der Waals surface area (Å²) >= 11 is 0. The van der Waals surface area contributed by atoms with Gasteiger partial charge in [-0.25, -0.2) is 0 Å². The van der Waals surface area contributed by atoms with Crippen LogP contribution in [0, 0.1) is 41.5 Å². The Morgan fingerprint density at radius 1 is 0.657 bits per heavy atom. The Labute approximate surface area is 210 Å². The lowest BCUT2D eigenvalue weighted by Crippen LogP contribution is -2.42. The summed E-state index contributed by atoms with van der Waals surface area (Å²) in [5.41, 5.74) is 7.10. The number of carbonyl (C=O) groups is 1. The number of carbonyl (C=O) groups excluding carboxylic acids is 1. The molecule has 3 aromatic rings. The van der Waals surface area contributed by atoms with E-state index in [1.165, 1.54) is 11.1 Å². The molecule has 0 unspecified atom stereocenters. The molecule has 0 saturated carbocycles. The number of nitrogens with zero attached hydrogens (tertiary/aromatic N) is 1. The van der Waals surface area contributed by atoms with Crippen molar-refractivity contribution < 1.29 is 14.3 Å². The van der Waals surface area contributed by atoms with Crippen molar-refractivity contribution in [2.45, 2.75) is 81.3 Å². The quantitative estimate of drug-likeness (QED) is 0.346. The maximum absolute atomic E-state index is 13.7. The molecule has 0 aliphatic rings. The first-order valence-corrected chi connectivity index (χ1v) is 12.4. The van der Waals surface area contributed by atoms with Gasteiger partial charge in [-0.15, -0.1) is 0 Å². The third kappa shape index (κ3) is 5.87. The van der Waals surface area contributed by atoms with Crippen LogP contribution < -0.4 is 9.47 Å². The SMILES string of the molecule is Cc1cc(C)c(Oc2ccc(C(=O)N(C(C)C)C(C)C)c(Oc3c(C)cc(C)cc3C)c2)c(C)c1. The molecule has 0 aromatic heterocycles. The van der Waals surface area contributed by atoms with Crippen LogP contribution in [0.4, 0.5) is 0 Å². The Morgan fingerprint density at radius 2 is 1.09 bits per heavy atom. The Morgan fingerprint density at radius 3 is 1.51 bits per heavy atom. The van der Waals surface area contributed by atoms with E-state index in [1.54, 1.807) is 0 Å². The average Bonchev–Trinajstić information content (AvgIpc) is 2.72. The monoisotopic (exact) mass is 473 g/mol. The van der Waals surface area contributed by atoms with E-state index in [2.05, 4.69) is 38.1 Å². The van der Waals surface area contributed by atoms with Crippen LogP contribution in [0.25, 0.3) is 0 Å². The van der Waals surface area contributed by atoms with Crippen molar-refractivity contribution in [1.29, 1.82) is 0 Å². The van der Waals surface area contributed by atoms with E-state index in [0.717, 1.165) is 33.8 Å². The third-order valence-electron chi connectivity index (χ3n) is 6.17. The second-order valence-electron chi connectivity index (χ2n) is 10.2. The van der Waals surface area contributed by atoms with Crippen LogP contribution in [0.15, 0.2) is 42.5 Å². The van der Waals surface area contributed by atoms with Crippen LogP contribution >= 0.6 is 0 Å². The lowest BCUT2D eigenvalue weighted by molar-refractivity contribution is 0.0641. The first-order chi connectivity index (χ1) is 16.4. The number of aryl methyl sites for hydroxylation is 6. The van der Waals surface area contributed by atoms with Gasteiger partial charge in [0.2, 0.25) is 0 Å². The molecule has 4 heteroatoms. The van der Waals surface area contributed by atoms with E-state index < -0.39 is 0 Å². The van der Waals surface area contributed by atoms with Gasteiger partial charge in [-0.2, -0.15) is 0 Å². The van der Waals surface area contributed by atoms with Crippen LogP contribution in [-0.4, -0.2) is 22.9 Å². The summed E-state index contributed by atoms with van der Waals surface area (Å²) < 4.78 is 12.8. The molecule has 186 valence electrons. The topological polar surface area (TPSA) is 38.8 Å². The van der Waals surface area contributed by atoms with Gasteiger partial charge in [-0.1, -0.05) is 35.4 Å². The third-order valence-corrected chi connectivity index (χ3v) is 6.17. The van der Waals surface area contributed by atoms with Crippen molar-refractivity contribution in [3.63, 3.8) is 0 Å². The zero-order valence-corrected chi connectivity index (χ0v) is 22.9. The smallest absolute Gasteiger partial charge is 0.258 e. The largest absolute Gasteiger partial charge is 0.457 e. The zero-order chi connectivity index (χ0) is 26.0. The first kappa shape index (κ1) is 26.3. The normalized spacial score (nSPS) is 11.2. The molecule has 0 aliphatic heterocycles. The van der Waals surface area contributed by atoms with Crippen molar-refractivity contribution in [3.05, 3.63) is 81.4 Å². The molecule has 3 aromatic carbocycles. The lowest BCUT2D eigenvalue weighted by atomic mass is 10.1. The molecular formula is C31H39NO3. The number of benzene rings is 3. The van der Waals surface area contributed by atoms with E-state index in [0.29, 0.717) is 17.1 Å². The molecule has 0 fully saturated rings. The highest BCUT2D eigenvalue weighted by Gasteiger charge is 2.26. The summed E-state index contributed by atoms with van der Waals surface area (Å²) in [5, 5.41) is 0. The van der Waals surface area contributed by atoms with E-state index in [4.69, 9.17) is 9.47 Å². The molecule has 0 spiro atoms. The van der Waals surface area contributed by atoms with Gasteiger partial charge in [0.15, 0.2) is 0 Å². The summed E-state index contributed by atoms with van der Waals surface area (Å²) in [4.78, 5) is 15.6. The van der Waals surface area contributed by atoms with Gasteiger partial charge in [0.05, 0.1) is 5.56 Å². The van der Waals surface area contributed by atoms with Crippen molar-refractivity contribution in [3.8, 4) is 23.0 Å². The van der Waals surface area contributed by atoms with E-state index >= 15 is 0 Å². The minimum Gasteiger partial charge on any atom is -0.457 e. The Balaban J connectivity index is 2.12. The maximum Gasteiger partial charge on any atom is 0.258 e. The number of rotatable bonds is 7. The first-order valence-electron chi connectivity index (χ1n) is 12.4. The number of amides is 1. The molecule has 0 saturated heterocycles. The van der Waals surface area contributed by atoms with Gasteiger partial charge < -0.3 is 14.4 Å². The van der Waals surface area contributed by atoms with Crippen LogP contribution in [0.3, 0.4) is 0 Å². The average molecular weight is 474 g/mol. The predicted octanol–water partition coefficient (Wildman–Crippen LogP) is 8.38. The summed E-state index contributed by atoms with van der Waals surface area (Å²) in [6, 6.07) is 14.0. The van der Waals surface area contributed by atoms with Crippen LogP contribution in [0.2, 0.25) is 0 Å². The second kappa shape index (κ2) is 10.6. The summed E-state index contributed by atoms with van der Waals surface area (Å²) in [7, 11) is 0. The highest BCUT2D eigenvalue weighted by atomic mass is 16.5. The fraction of sp³-hybridized carbons (Fsp3) is 0.387. The van der Waals surface area contributed by atoms with E-state index in [9.17, 15) is 4.79 Å². The molecular weight excluding hydrogens is 434 g/mol. The molecule has 0 radical (unpaired) electrons. The molecule has 0 N–H and O–H groups in total. The highest BCUT2D eigenvalue weighted by Crippen LogP contribution is 2.37. The minimum absolute atomic E-state index is 0.0540. The van der Waals surface area contributed by atoms with Crippen LogP contribution in [0.5, 0.6) is 23.0 Å². The van der Waals surface area contributed by atoms with Gasteiger partial charge in [0, 0.05) is 18.2 Å². The molecule has 0 aliphatic carbocycles. The molecule has 0 atom stereocenters. The van der Waals surface area contributed by atoms with Gasteiger partial charge in [-0.3, -0.25) is 4.79 Å². The van der Waals surface area contributed by atoms with Gasteiger partial charge in [-0.05, 0) is 104 Å². The Bertz CT molecular complexity index is 1190. The number of hydrogen-bond donors (Lipinski definition) is 0. The number of hydrogen-bond acceptors (Lipinski definition) is 3. The van der Waals surface area contributed by atoms with Crippen LogP contribution in [0.1, 0.15) is 71.4 Å². The molecule has 1 amide bonds. The standard InChI is InChI=1S/C31H39NO3/c1-18(2)32(19(3)4)31(33)27-12-11-26(34-29-22(7)13-20(5)14-23(29)8)17-28(27)35-30-24(9)15-21(6)16-25(30)10/h11-19H,1-10H3. The fourth-order valence-electron chi connectivity index (χ4n) is 4.92. The van der Waals surface area contributed by atoms with Crippen molar-refractivity contribution in [1.82, 2.24) is 4.90 Å². The van der Waals surface area contributed by atoms with Crippen molar-refractivity contribution in [2.24, 2.45) is 0 Å². The molecule has 3 rings (SSSR count). The van der Waals surface area contributed by atoms with Gasteiger partial charge in [0.1, 0.15) is 23.0 Å². The molecule has 35 heavy (non-hydrogen) atoms. The molecule has 0 bridgehead atoms. The zero-order valence-electron chi connectivity index (χ0n) is 22.9. The Hall–Kier alpha value is -3.27. The van der Waals surface area contributed by atoms with Gasteiger partial charge >= 0.3 is 0 Å². The lowest BCUT2D eigenvalue weighted by Gasteiger charge is -2.31. The summed E-state index contributed by atoms with van der Waals surface area (Å²) in [6.07, 6.45) is 0. The maximum atomic E-state index is 13.7. The van der Waals surface area contributed by atoms with Crippen LogP contribution in [-0.2, 0) is 0 Å². The van der Waals surface area contributed by atoms with Crippen molar-refractivity contribution >= 4 is 5.91 Å². The van der Waals surface area contributed by atoms with E-state index in [-0.39, 0.29) is 18.0 Å². The van der Waals surface area contributed by atoms with Gasteiger partial charge in [0.25, 0.3) is 5.91 Å². The van der Waals surface area contributed by atoms with Crippen molar-refractivity contribution in [2.75, 3.05) is 0 Å². The molecule has 4 nitrogen and oxygen atoms in total. The Kier molecular flexibility index (Phi) is 7.94. The number of ether oxygens (including phenoxy) is 2.